The molecule has 1 heterocycles. The van der Waals surface area contributed by atoms with E-state index in [2.05, 4.69) is 17.2 Å². The Morgan fingerprint density at radius 3 is 2.41 bits per heavy atom. The zero-order chi connectivity index (χ0) is 28.1. The number of rotatable bonds is 8. The summed E-state index contributed by atoms with van der Waals surface area (Å²) in [5.74, 6) is 0.607. The minimum atomic E-state index is -0.285. The van der Waals surface area contributed by atoms with Crippen LogP contribution in [0.15, 0.2) is 90.9 Å². The van der Waals surface area contributed by atoms with Crippen molar-refractivity contribution >= 4 is 40.0 Å². The lowest BCUT2D eigenvalue weighted by Gasteiger charge is -2.14. The highest BCUT2D eigenvalue weighted by Crippen LogP contribution is 2.32. The molecule has 2 amide bonds. The number of nitrogens with one attached hydrogen (secondary N) is 2. The molecule has 0 saturated heterocycles. The lowest BCUT2D eigenvalue weighted by molar-refractivity contribution is 0.0950. The van der Waals surface area contributed by atoms with Crippen LogP contribution in [-0.4, -0.2) is 23.3 Å². The maximum Gasteiger partial charge on any atom is 0.256 e. The fourth-order valence-corrected chi connectivity index (χ4v) is 4.50. The van der Waals surface area contributed by atoms with Gasteiger partial charge in [0.15, 0.2) is 0 Å². The van der Waals surface area contributed by atoms with Crippen molar-refractivity contribution in [1.29, 1.82) is 0 Å². The fourth-order valence-electron chi connectivity index (χ4n) is 4.27. The summed E-state index contributed by atoms with van der Waals surface area (Å²) in [6.45, 7) is 11.5. The molecule has 4 aromatic rings. The molecule has 0 bridgehead atoms. The van der Waals surface area contributed by atoms with Crippen molar-refractivity contribution in [3.05, 3.63) is 118 Å². The number of nitrogens with zero attached hydrogens (tertiary/aromatic N) is 1. The Morgan fingerprint density at radius 2 is 1.74 bits per heavy atom. The van der Waals surface area contributed by atoms with Gasteiger partial charge in [-0.15, -0.1) is 0 Å². The first kappa shape index (κ1) is 27.6. The van der Waals surface area contributed by atoms with E-state index >= 15 is 0 Å². The van der Waals surface area contributed by atoms with Crippen LogP contribution in [-0.2, 0) is 4.74 Å². The van der Waals surface area contributed by atoms with Crippen molar-refractivity contribution in [2.45, 2.75) is 27.7 Å². The first-order valence-electron chi connectivity index (χ1n) is 12.5. The van der Waals surface area contributed by atoms with E-state index < -0.39 is 0 Å². The summed E-state index contributed by atoms with van der Waals surface area (Å²) in [7, 11) is 0. The van der Waals surface area contributed by atoms with Gasteiger partial charge >= 0.3 is 0 Å². The molecule has 39 heavy (non-hydrogen) atoms. The van der Waals surface area contributed by atoms with Crippen molar-refractivity contribution in [3.63, 3.8) is 0 Å². The van der Waals surface area contributed by atoms with E-state index in [4.69, 9.17) is 21.3 Å². The van der Waals surface area contributed by atoms with Crippen molar-refractivity contribution in [2.75, 3.05) is 11.9 Å². The number of aryl methyl sites for hydroxylation is 2. The third kappa shape index (κ3) is 6.54. The third-order valence-corrected chi connectivity index (χ3v) is 6.43. The van der Waals surface area contributed by atoms with Gasteiger partial charge in [-0.25, -0.2) is 4.98 Å². The molecule has 0 unspecified atom stereocenters. The molecule has 0 aliphatic heterocycles. The topological polar surface area (TPSA) is 80.3 Å². The maximum absolute atomic E-state index is 13.6. The normalized spacial score (nSPS) is 11.3. The lowest BCUT2D eigenvalue weighted by Crippen LogP contribution is -2.26. The third-order valence-electron chi connectivity index (χ3n) is 6.10. The number of carbonyl (C=O) groups is 2. The van der Waals surface area contributed by atoms with Gasteiger partial charge < -0.3 is 15.4 Å². The van der Waals surface area contributed by atoms with E-state index in [1.165, 1.54) is 0 Å². The van der Waals surface area contributed by atoms with Gasteiger partial charge in [0.25, 0.3) is 11.8 Å². The molecule has 0 aliphatic rings. The van der Waals surface area contributed by atoms with E-state index in [9.17, 15) is 9.59 Å². The van der Waals surface area contributed by atoms with Crippen LogP contribution in [0.4, 0.5) is 5.69 Å². The Balaban J connectivity index is 1.59. The van der Waals surface area contributed by atoms with Gasteiger partial charge in [-0.05, 0) is 81.8 Å². The molecular formula is C32H30ClN3O3. The number of anilines is 1. The van der Waals surface area contributed by atoms with Crippen molar-refractivity contribution < 1.29 is 14.3 Å². The summed E-state index contributed by atoms with van der Waals surface area (Å²) in [5, 5.41) is 7.09. The molecule has 0 atom stereocenters. The number of aromatic nitrogens is 1. The number of ether oxygens (including phenoxy) is 1. The van der Waals surface area contributed by atoms with Gasteiger partial charge in [0.1, 0.15) is 5.76 Å². The number of hydrogen-bond acceptors (Lipinski definition) is 4. The number of halogens is 1. The monoisotopic (exact) mass is 539 g/mol. The molecular weight excluding hydrogens is 510 g/mol. The van der Waals surface area contributed by atoms with Crippen LogP contribution in [0.25, 0.3) is 22.2 Å². The second-order valence-electron chi connectivity index (χ2n) is 9.29. The smallest absolute Gasteiger partial charge is 0.256 e. The summed E-state index contributed by atoms with van der Waals surface area (Å²) in [6.07, 6.45) is 1.77. The predicted molar refractivity (Wildman–Crippen MR) is 158 cm³/mol. The predicted octanol–water partition coefficient (Wildman–Crippen LogP) is 7.61. The average molecular weight is 540 g/mol. The van der Waals surface area contributed by atoms with Gasteiger partial charge in [-0.1, -0.05) is 48.0 Å². The summed E-state index contributed by atoms with van der Waals surface area (Å²) in [4.78, 5) is 31.0. The van der Waals surface area contributed by atoms with Gasteiger partial charge in [0.05, 0.1) is 29.1 Å². The van der Waals surface area contributed by atoms with E-state index in [0.717, 1.165) is 27.6 Å². The van der Waals surface area contributed by atoms with Crippen LogP contribution in [0.5, 0.6) is 0 Å². The molecule has 0 aliphatic carbocycles. The number of allylic oxidation sites excluding steroid dienone is 2. The number of amides is 2. The molecule has 6 nitrogen and oxygen atoms in total. The van der Waals surface area contributed by atoms with E-state index in [0.29, 0.717) is 39.0 Å². The van der Waals surface area contributed by atoms with Crippen LogP contribution in [0.2, 0.25) is 5.02 Å². The minimum Gasteiger partial charge on any atom is -0.465 e. The van der Waals surface area contributed by atoms with Crippen molar-refractivity contribution in [2.24, 2.45) is 0 Å². The number of hydrogen-bond donors (Lipinski definition) is 2. The quantitative estimate of drug-likeness (QED) is 0.226. The molecule has 198 valence electrons. The molecule has 3 aromatic carbocycles. The highest BCUT2D eigenvalue weighted by atomic mass is 35.5. The van der Waals surface area contributed by atoms with Crippen LogP contribution < -0.4 is 10.6 Å². The zero-order valence-corrected chi connectivity index (χ0v) is 23.1. The van der Waals surface area contributed by atoms with Gasteiger partial charge in [-0.3, -0.25) is 9.59 Å². The zero-order valence-electron chi connectivity index (χ0n) is 22.4. The van der Waals surface area contributed by atoms with E-state index in [1.54, 1.807) is 49.4 Å². The largest absolute Gasteiger partial charge is 0.465 e. The molecule has 7 heteroatoms. The van der Waals surface area contributed by atoms with Gasteiger partial charge in [-0.2, -0.15) is 0 Å². The average Bonchev–Trinajstić information content (AvgIpc) is 2.91. The first-order chi connectivity index (χ1) is 18.7. The van der Waals surface area contributed by atoms with E-state index in [1.807, 2.05) is 51.1 Å². The highest BCUT2D eigenvalue weighted by molar-refractivity contribution is 6.33. The van der Waals surface area contributed by atoms with Crippen LogP contribution >= 0.6 is 11.6 Å². The summed E-state index contributed by atoms with van der Waals surface area (Å²) in [5.41, 5.74) is 5.62. The molecule has 0 radical (unpaired) electrons. The molecule has 1 aromatic heterocycles. The summed E-state index contributed by atoms with van der Waals surface area (Å²) < 4.78 is 5.47. The first-order valence-corrected chi connectivity index (χ1v) is 12.9. The SMILES string of the molecule is C=C(C)O/C(=C\C)CNC(=O)c1ccc(NC(=O)c2cc(-c3ccccc3Cl)nc3c(C)cc(C)cc23)cc1. The van der Waals surface area contributed by atoms with Crippen LogP contribution in [0.1, 0.15) is 45.7 Å². The molecule has 0 spiro atoms. The second-order valence-corrected chi connectivity index (χ2v) is 9.69. The Hall–Kier alpha value is -4.42. The Bertz CT molecular complexity index is 1610. The number of pyridine rings is 1. The Morgan fingerprint density at radius 1 is 1.03 bits per heavy atom. The minimum absolute atomic E-state index is 0.238. The summed E-state index contributed by atoms with van der Waals surface area (Å²) >= 11 is 6.46. The molecule has 0 fully saturated rings. The van der Waals surface area contributed by atoms with Gasteiger partial charge in [0, 0.05) is 27.2 Å². The second kappa shape index (κ2) is 12.0. The fraction of sp³-hybridized carbons (Fsp3) is 0.156. The Labute approximate surface area is 233 Å². The van der Waals surface area contributed by atoms with Crippen molar-refractivity contribution in [3.8, 4) is 11.3 Å². The summed E-state index contributed by atoms with van der Waals surface area (Å²) in [6, 6.07) is 19.9. The molecule has 0 saturated carbocycles. The Kier molecular flexibility index (Phi) is 8.47. The van der Waals surface area contributed by atoms with Gasteiger partial charge in [0.2, 0.25) is 0 Å². The standard InChI is InChI=1S/C32H30ClN3O3/c1-6-24(39-19(2)3)18-34-31(37)22-11-13-23(14-12-22)35-32(38)27-17-29(25-9-7-8-10-28(25)33)36-30-21(5)15-20(4)16-26(27)30/h6-17H,2,18H2,1,3-5H3,(H,34,37)(H,35,38)/b24-6-. The number of benzene rings is 3. The maximum atomic E-state index is 13.6. The number of fused-ring (bicyclic) bond motifs is 1. The molecule has 2 N–H and O–H groups in total. The highest BCUT2D eigenvalue weighted by Gasteiger charge is 2.17. The van der Waals surface area contributed by atoms with Crippen LogP contribution in [0.3, 0.4) is 0 Å². The number of carbonyl (C=O) groups excluding carboxylic acids is 2. The molecule has 4 rings (SSSR count). The lowest BCUT2D eigenvalue weighted by atomic mass is 9.99. The van der Waals surface area contributed by atoms with E-state index in [-0.39, 0.29) is 18.4 Å². The van der Waals surface area contributed by atoms with Crippen LogP contribution in [0, 0.1) is 13.8 Å². The van der Waals surface area contributed by atoms with Crippen molar-refractivity contribution in [1.82, 2.24) is 10.3 Å².